The van der Waals surface area contributed by atoms with Gasteiger partial charge in [0.15, 0.2) is 0 Å². The summed E-state index contributed by atoms with van der Waals surface area (Å²) in [5, 5.41) is 2.20. The van der Waals surface area contributed by atoms with Gasteiger partial charge < -0.3 is 9.88 Å². The predicted octanol–water partition coefficient (Wildman–Crippen LogP) is 6.77. The van der Waals surface area contributed by atoms with Gasteiger partial charge in [-0.1, -0.05) is 71.2 Å². The molecule has 0 bridgehead atoms. The van der Waals surface area contributed by atoms with Crippen LogP contribution >= 0.6 is 34.8 Å². The highest BCUT2D eigenvalue weighted by Crippen LogP contribution is 2.37. The molecule has 150 valence electrons. The van der Waals surface area contributed by atoms with E-state index in [9.17, 15) is 4.79 Å². The molecule has 1 aromatic heterocycles. The second-order valence-corrected chi connectivity index (χ2v) is 8.42. The normalized spacial score (nSPS) is 14.3. The van der Waals surface area contributed by atoms with Crippen LogP contribution in [0.4, 0.5) is 0 Å². The zero-order valence-electron chi connectivity index (χ0n) is 15.9. The molecule has 3 aromatic rings. The van der Waals surface area contributed by atoms with E-state index < -0.39 is 0 Å². The summed E-state index contributed by atoms with van der Waals surface area (Å²) >= 11 is 18.5. The number of benzene rings is 2. The van der Waals surface area contributed by atoms with Crippen molar-refractivity contribution < 1.29 is 4.79 Å². The highest BCUT2D eigenvalue weighted by Gasteiger charge is 2.18. The summed E-state index contributed by atoms with van der Waals surface area (Å²) in [6, 6.07) is 12.2. The van der Waals surface area contributed by atoms with Crippen molar-refractivity contribution in [2.75, 3.05) is 13.1 Å². The van der Waals surface area contributed by atoms with Crippen molar-refractivity contribution in [1.82, 2.24) is 9.88 Å². The SMILES string of the molecule is O=C(CCCc1c[nH]c2c(Cl)c(Cl)c(Cl)cc12)N1CC=C(c2ccccc2)CC1. The van der Waals surface area contributed by atoms with Crippen molar-refractivity contribution in [2.24, 2.45) is 0 Å². The van der Waals surface area contributed by atoms with Gasteiger partial charge in [0.05, 0.1) is 20.6 Å². The smallest absolute Gasteiger partial charge is 0.222 e. The first kappa shape index (κ1) is 20.3. The maximum Gasteiger partial charge on any atom is 0.222 e. The van der Waals surface area contributed by atoms with Crippen LogP contribution in [0.1, 0.15) is 30.4 Å². The quantitative estimate of drug-likeness (QED) is 0.431. The Balaban J connectivity index is 1.34. The topological polar surface area (TPSA) is 36.1 Å². The van der Waals surface area contributed by atoms with Gasteiger partial charge in [0.1, 0.15) is 0 Å². The van der Waals surface area contributed by atoms with Crippen molar-refractivity contribution in [3.05, 3.63) is 74.9 Å². The second-order valence-electron chi connectivity index (χ2n) is 7.26. The molecule has 1 N–H and O–H groups in total. The minimum absolute atomic E-state index is 0.201. The molecule has 0 aliphatic carbocycles. The molecule has 2 aromatic carbocycles. The largest absolute Gasteiger partial charge is 0.360 e. The van der Waals surface area contributed by atoms with Crippen LogP contribution in [0, 0.1) is 0 Å². The minimum atomic E-state index is 0.201. The number of hydrogen-bond donors (Lipinski definition) is 1. The highest BCUT2D eigenvalue weighted by molar-refractivity contribution is 6.50. The van der Waals surface area contributed by atoms with E-state index in [1.807, 2.05) is 35.4 Å². The second kappa shape index (κ2) is 8.83. The third-order valence-electron chi connectivity index (χ3n) is 5.44. The zero-order valence-corrected chi connectivity index (χ0v) is 18.1. The third kappa shape index (κ3) is 4.32. The lowest BCUT2D eigenvalue weighted by molar-refractivity contribution is -0.130. The number of aryl methyl sites for hydroxylation is 1. The molecule has 3 nitrogen and oxygen atoms in total. The molecule has 0 radical (unpaired) electrons. The number of amides is 1. The van der Waals surface area contributed by atoms with Crippen LogP contribution in [0.15, 0.2) is 48.7 Å². The fourth-order valence-corrected chi connectivity index (χ4v) is 4.49. The Bertz CT molecular complexity index is 1070. The molecule has 0 atom stereocenters. The first-order valence-electron chi connectivity index (χ1n) is 9.70. The number of halogens is 3. The molecule has 0 unspecified atom stereocenters. The zero-order chi connectivity index (χ0) is 20.4. The Morgan fingerprint density at radius 3 is 2.62 bits per heavy atom. The lowest BCUT2D eigenvalue weighted by Crippen LogP contribution is -2.34. The van der Waals surface area contributed by atoms with Crippen molar-refractivity contribution in [2.45, 2.75) is 25.7 Å². The third-order valence-corrected chi connectivity index (χ3v) is 6.70. The van der Waals surface area contributed by atoms with E-state index in [1.165, 1.54) is 11.1 Å². The summed E-state index contributed by atoms with van der Waals surface area (Å²) in [5.41, 5.74) is 4.45. The highest BCUT2D eigenvalue weighted by atomic mass is 35.5. The average Bonchev–Trinajstić information content (AvgIpc) is 3.15. The molecular weight excluding hydrogens is 427 g/mol. The molecule has 0 spiro atoms. The Morgan fingerprint density at radius 1 is 1.10 bits per heavy atom. The Labute approximate surface area is 185 Å². The fraction of sp³-hybridized carbons (Fsp3) is 0.261. The first-order valence-corrected chi connectivity index (χ1v) is 10.8. The van der Waals surface area contributed by atoms with E-state index in [1.54, 1.807) is 0 Å². The number of rotatable bonds is 5. The molecule has 1 amide bonds. The Kier molecular flexibility index (Phi) is 6.19. The number of carbonyl (C=O) groups is 1. The summed E-state index contributed by atoms with van der Waals surface area (Å²) in [4.78, 5) is 17.7. The van der Waals surface area contributed by atoms with E-state index in [2.05, 4.69) is 23.2 Å². The van der Waals surface area contributed by atoms with Gasteiger partial charge in [-0.15, -0.1) is 0 Å². The number of fused-ring (bicyclic) bond motifs is 1. The lowest BCUT2D eigenvalue weighted by atomic mass is 9.99. The fourth-order valence-electron chi connectivity index (χ4n) is 3.83. The molecule has 2 heterocycles. The summed E-state index contributed by atoms with van der Waals surface area (Å²) in [6.07, 6.45) is 7.06. The number of H-pyrrole nitrogens is 1. The van der Waals surface area contributed by atoms with Crippen LogP contribution in [0.5, 0.6) is 0 Å². The predicted molar refractivity (Wildman–Crippen MR) is 122 cm³/mol. The van der Waals surface area contributed by atoms with Gasteiger partial charge in [-0.3, -0.25) is 4.79 Å². The van der Waals surface area contributed by atoms with Crippen LogP contribution in [0.2, 0.25) is 15.1 Å². The Morgan fingerprint density at radius 2 is 1.90 bits per heavy atom. The summed E-state index contributed by atoms with van der Waals surface area (Å²) in [6.45, 7) is 1.45. The molecule has 4 rings (SSSR count). The average molecular weight is 448 g/mol. The van der Waals surface area contributed by atoms with Crippen LogP contribution in [-0.4, -0.2) is 28.9 Å². The van der Waals surface area contributed by atoms with E-state index >= 15 is 0 Å². The molecule has 0 fully saturated rings. The number of nitrogens with zero attached hydrogens (tertiary/aromatic N) is 1. The number of nitrogens with one attached hydrogen (secondary N) is 1. The minimum Gasteiger partial charge on any atom is -0.360 e. The monoisotopic (exact) mass is 446 g/mol. The van der Waals surface area contributed by atoms with E-state index in [-0.39, 0.29) is 5.91 Å². The van der Waals surface area contributed by atoms with Crippen molar-refractivity contribution in [1.29, 1.82) is 0 Å². The van der Waals surface area contributed by atoms with Crippen LogP contribution < -0.4 is 0 Å². The first-order chi connectivity index (χ1) is 14.0. The summed E-state index contributed by atoms with van der Waals surface area (Å²) < 4.78 is 0. The molecule has 0 saturated carbocycles. The van der Waals surface area contributed by atoms with Gasteiger partial charge in [0, 0.05) is 31.1 Å². The van der Waals surface area contributed by atoms with E-state index in [0.29, 0.717) is 28.0 Å². The lowest BCUT2D eigenvalue weighted by Gasteiger charge is -2.26. The van der Waals surface area contributed by atoms with E-state index in [4.69, 9.17) is 34.8 Å². The standard InChI is InChI=1S/C23H21Cl3N2O/c24-19-13-18-17(14-27-23(18)22(26)21(19)25)7-4-8-20(29)28-11-9-16(10-12-28)15-5-2-1-3-6-15/h1-3,5-6,9,13-14,27H,4,7-8,10-12H2. The molecule has 6 heteroatoms. The van der Waals surface area contributed by atoms with Crippen molar-refractivity contribution in [3.8, 4) is 0 Å². The summed E-state index contributed by atoms with van der Waals surface area (Å²) in [5.74, 6) is 0.201. The maximum absolute atomic E-state index is 12.6. The van der Waals surface area contributed by atoms with Gasteiger partial charge >= 0.3 is 0 Å². The van der Waals surface area contributed by atoms with Gasteiger partial charge in [0.25, 0.3) is 0 Å². The number of carbonyl (C=O) groups excluding carboxylic acids is 1. The number of aromatic amines is 1. The Hall–Kier alpha value is -1.94. The van der Waals surface area contributed by atoms with Gasteiger partial charge in [-0.25, -0.2) is 0 Å². The van der Waals surface area contributed by atoms with Gasteiger partial charge in [0.2, 0.25) is 5.91 Å². The molecular formula is C23H21Cl3N2O. The van der Waals surface area contributed by atoms with Crippen LogP contribution in [-0.2, 0) is 11.2 Å². The van der Waals surface area contributed by atoms with Crippen LogP contribution in [0.3, 0.4) is 0 Å². The van der Waals surface area contributed by atoms with Gasteiger partial charge in [-0.2, -0.15) is 0 Å². The number of hydrogen-bond acceptors (Lipinski definition) is 1. The van der Waals surface area contributed by atoms with E-state index in [0.717, 1.165) is 42.3 Å². The molecule has 1 aliphatic rings. The van der Waals surface area contributed by atoms with Crippen molar-refractivity contribution in [3.63, 3.8) is 0 Å². The molecule has 0 saturated heterocycles. The maximum atomic E-state index is 12.6. The van der Waals surface area contributed by atoms with Crippen LogP contribution in [0.25, 0.3) is 16.5 Å². The van der Waals surface area contributed by atoms with Gasteiger partial charge in [-0.05, 0) is 42.0 Å². The molecule has 29 heavy (non-hydrogen) atoms. The molecule has 1 aliphatic heterocycles. The summed E-state index contributed by atoms with van der Waals surface area (Å²) in [7, 11) is 0. The van der Waals surface area contributed by atoms with Crippen molar-refractivity contribution >= 4 is 57.2 Å². The number of aromatic nitrogens is 1.